The first-order chi connectivity index (χ1) is 11.7. The Balaban J connectivity index is 1.55. The van der Waals surface area contributed by atoms with Gasteiger partial charge in [0.2, 0.25) is 0 Å². The molecule has 0 aliphatic carbocycles. The van der Waals surface area contributed by atoms with Gasteiger partial charge in [-0.05, 0) is 50.2 Å². The average molecular weight is 325 g/mol. The van der Waals surface area contributed by atoms with E-state index in [-0.39, 0.29) is 6.23 Å². The molecule has 1 aromatic heterocycles. The van der Waals surface area contributed by atoms with Crippen LogP contribution in [-0.2, 0) is 17.7 Å². The Morgan fingerprint density at radius 3 is 2.46 bits per heavy atom. The van der Waals surface area contributed by atoms with Gasteiger partial charge in [-0.2, -0.15) is 0 Å². The molecule has 4 nitrogen and oxygen atoms in total. The molecule has 2 atom stereocenters. The summed E-state index contributed by atoms with van der Waals surface area (Å²) in [4.78, 5) is 8.77. The lowest BCUT2D eigenvalue weighted by Crippen LogP contribution is -2.31. The third-order valence-corrected chi connectivity index (χ3v) is 4.35. The van der Waals surface area contributed by atoms with E-state index in [0.29, 0.717) is 6.10 Å². The van der Waals surface area contributed by atoms with Gasteiger partial charge in [-0.15, -0.1) is 0 Å². The third-order valence-electron chi connectivity index (χ3n) is 4.35. The summed E-state index contributed by atoms with van der Waals surface area (Å²) >= 11 is 0. The minimum absolute atomic E-state index is 0.247. The lowest BCUT2D eigenvalue weighted by Gasteiger charge is -2.21. The van der Waals surface area contributed by atoms with Crippen LogP contribution in [0.2, 0.25) is 0 Å². The van der Waals surface area contributed by atoms with Crippen LogP contribution in [0, 0.1) is 0 Å². The zero-order valence-electron chi connectivity index (χ0n) is 14.6. The van der Waals surface area contributed by atoms with Crippen LogP contribution in [0.3, 0.4) is 0 Å². The summed E-state index contributed by atoms with van der Waals surface area (Å²) in [5, 5.41) is 0. The highest BCUT2D eigenvalue weighted by molar-refractivity contribution is 5.15. The molecule has 1 aliphatic rings. The highest BCUT2D eigenvalue weighted by Crippen LogP contribution is 2.28. The van der Waals surface area contributed by atoms with Gasteiger partial charge < -0.3 is 9.64 Å². The van der Waals surface area contributed by atoms with Crippen molar-refractivity contribution in [3.05, 3.63) is 66.0 Å². The fraction of sp³-hybridized carbons (Fsp3) is 0.450. The minimum Gasteiger partial charge on any atom is -0.352 e. The van der Waals surface area contributed by atoms with Crippen molar-refractivity contribution in [1.82, 2.24) is 14.8 Å². The fourth-order valence-electron chi connectivity index (χ4n) is 3.10. The van der Waals surface area contributed by atoms with Crippen LogP contribution in [0.15, 0.2) is 54.9 Å². The summed E-state index contributed by atoms with van der Waals surface area (Å²) in [7, 11) is 4.20. The van der Waals surface area contributed by atoms with Gasteiger partial charge in [0.05, 0.1) is 0 Å². The largest absolute Gasteiger partial charge is 0.352 e. The highest BCUT2D eigenvalue weighted by Gasteiger charge is 2.43. The van der Waals surface area contributed by atoms with Crippen LogP contribution in [-0.4, -0.2) is 54.3 Å². The van der Waals surface area contributed by atoms with E-state index in [9.17, 15) is 0 Å². The second-order valence-electron chi connectivity index (χ2n) is 6.74. The summed E-state index contributed by atoms with van der Waals surface area (Å²) in [6, 6.07) is 14.9. The number of aryl methyl sites for hydroxylation is 1. The monoisotopic (exact) mass is 325 g/mol. The Bertz CT molecular complexity index is 603. The molecule has 1 aliphatic heterocycles. The maximum Gasteiger partial charge on any atom is 0.139 e. The van der Waals surface area contributed by atoms with E-state index in [4.69, 9.17) is 4.74 Å². The first-order valence-electron chi connectivity index (χ1n) is 8.69. The van der Waals surface area contributed by atoms with Gasteiger partial charge in [-0.3, -0.25) is 9.88 Å². The summed E-state index contributed by atoms with van der Waals surface area (Å²) in [6.07, 6.45) is 6.56. The van der Waals surface area contributed by atoms with Crippen molar-refractivity contribution in [3.8, 4) is 0 Å². The Hall–Kier alpha value is -1.75. The van der Waals surface area contributed by atoms with Gasteiger partial charge in [0.25, 0.3) is 0 Å². The number of likely N-dealkylation sites (N-methyl/N-ethyl adjacent to an activating group) is 1. The number of epoxide rings is 1. The molecule has 3 rings (SSSR count). The van der Waals surface area contributed by atoms with E-state index < -0.39 is 0 Å². The normalized spacial score (nSPS) is 19.8. The molecule has 2 unspecified atom stereocenters. The molecule has 1 aromatic carbocycles. The maximum atomic E-state index is 5.93. The molecule has 0 spiro atoms. The van der Waals surface area contributed by atoms with Crippen LogP contribution in [0.4, 0.5) is 0 Å². The average Bonchev–Trinajstić information content (AvgIpc) is 3.34. The lowest BCUT2D eigenvalue weighted by atomic mass is 10.1. The number of ether oxygens (including phenoxy) is 1. The molecule has 2 heterocycles. The molecule has 1 saturated heterocycles. The van der Waals surface area contributed by atoms with Gasteiger partial charge in [-0.25, -0.2) is 0 Å². The Morgan fingerprint density at radius 2 is 1.75 bits per heavy atom. The SMILES string of the molecule is CN(C)CC1OC1N(CCCc1ccccc1)Cc1ccncc1. The van der Waals surface area contributed by atoms with E-state index in [1.165, 1.54) is 11.1 Å². The van der Waals surface area contributed by atoms with Crippen molar-refractivity contribution in [2.75, 3.05) is 27.2 Å². The lowest BCUT2D eigenvalue weighted by molar-refractivity contribution is 0.165. The number of rotatable bonds is 9. The van der Waals surface area contributed by atoms with Gasteiger partial charge in [0, 0.05) is 32.0 Å². The molecular weight excluding hydrogens is 298 g/mol. The van der Waals surface area contributed by atoms with Crippen molar-refractivity contribution in [1.29, 1.82) is 0 Å². The number of benzene rings is 1. The van der Waals surface area contributed by atoms with Crippen molar-refractivity contribution < 1.29 is 4.74 Å². The van der Waals surface area contributed by atoms with E-state index in [1.807, 2.05) is 12.4 Å². The molecule has 2 aromatic rings. The molecule has 24 heavy (non-hydrogen) atoms. The number of pyridine rings is 1. The maximum absolute atomic E-state index is 5.93. The van der Waals surface area contributed by atoms with Crippen LogP contribution >= 0.6 is 0 Å². The molecule has 1 fully saturated rings. The molecule has 0 radical (unpaired) electrons. The van der Waals surface area contributed by atoms with Crippen LogP contribution in [0.1, 0.15) is 17.5 Å². The van der Waals surface area contributed by atoms with Gasteiger partial charge >= 0.3 is 0 Å². The molecule has 0 bridgehead atoms. The summed E-state index contributed by atoms with van der Waals surface area (Å²) < 4.78 is 5.93. The van der Waals surface area contributed by atoms with Crippen molar-refractivity contribution in [2.45, 2.75) is 31.7 Å². The van der Waals surface area contributed by atoms with Crippen molar-refractivity contribution >= 4 is 0 Å². The van der Waals surface area contributed by atoms with Crippen LogP contribution in [0.25, 0.3) is 0 Å². The smallest absolute Gasteiger partial charge is 0.139 e. The number of nitrogens with zero attached hydrogens (tertiary/aromatic N) is 3. The summed E-state index contributed by atoms with van der Waals surface area (Å²) in [5.74, 6) is 0. The zero-order chi connectivity index (χ0) is 16.8. The molecule has 0 N–H and O–H groups in total. The predicted molar refractivity (Wildman–Crippen MR) is 96.6 cm³/mol. The Labute approximate surface area is 145 Å². The van der Waals surface area contributed by atoms with E-state index in [0.717, 1.165) is 32.5 Å². The summed E-state index contributed by atoms with van der Waals surface area (Å²) in [6.45, 7) is 2.95. The van der Waals surface area contributed by atoms with E-state index in [1.54, 1.807) is 0 Å². The van der Waals surface area contributed by atoms with E-state index >= 15 is 0 Å². The van der Waals surface area contributed by atoms with E-state index in [2.05, 4.69) is 71.3 Å². The number of hydrogen-bond donors (Lipinski definition) is 0. The highest BCUT2D eigenvalue weighted by atomic mass is 16.6. The third kappa shape index (κ3) is 5.13. The topological polar surface area (TPSA) is 31.9 Å². The van der Waals surface area contributed by atoms with Crippen LogP contribution in [0.5, 0.6) is 0 Å². The predicted octanol–water partition coefficient (Wildman–Crippen LogP) is 2.80. The van der Waals surface area contributed by atoms with Gasteiger partial charge in [0.15, 0.2) is 0 Å². The minimum atomic E-state index is 0.247. The number of aromatic nitrogens is 1. The number of hydrogen-bond acceptors (Lipinski definition) is 4. The zero-order valence-corrected chi connectivity index (χ0v) is 14.6. The molecule has 128 valence electrons. The van der Waals surface area contributed by atoms with Gasteiger partial charge in [-0.1, -0.05) is 30.3 Å². The molecule has 0 amide bonds. The second kappa shape index (κ2) is 8.38. The fourth-order valence-corrected chi connectivity index (χ4v) is 3.10. The first-order valence-corrected chi connectivity index (χ1v) is 8.69. The van der Waals surface area contributed by atoms with Crippen molar-refractivity contribution in [3.63, 3.8) is 0 Å². The quantitative estimate of drug-likeness (QED) is 0.664. The Morgan fingerprint density at radius 1 is 1.00 bits per heavy atom. The molecule has 0 saturated carbocycles. The second-order valence-corrected chi connectivity index (χ2v) is 6.74. The molecular formula is C20H27N3O. The van der Waals surface area contributed by atoms with Crippen molar-refractivity contribution in [2.24, 2.45) is 0 Å². The standard InChI is InChI=1S/C20H27N3O/c1-22(2)16-19-20(24-19)23(15-18-10-12-21-13-11-18)14-6-9-17-7-4-3-5-8-17/h3-5,7-8,10-13,19-20H,6,9,14-16H2,1-2H3. The van der Waals surface area contributed by atoms with Gasteiger partial charge in [0.1, 0.15) is 12.3 Å². The molecule has 4 heteroatoms. The van der Waals surface area contributed by atoms with Crippen LogP contribution < -0.4 is 0 Å². The Kier molecular flexibility index (Phi) is 5.96. The summed E-state index contributed by atoms with van der Waals surface area (Å²) in [5.41, 5.74) is 2.70. The first kappa shape index (κ1) is 17.1.